The minimum absolute atomic E-state index is 0.0595. The second kappa shape index (κ2) is 5.32. The van der Waals surface area contributed by atoms with Crippen molar-refractivity contribution in [2.45, 2.75) is 58.7 Å². The van der Waals surface area contributed by atoms with E-state index in [4.69, 9.17) is 4.52 Å². The lowest BCUT2D eigenvalue weighted by Gasteiger charge is -2.27. The molecule has 108 valence electrons. The van der Waals surface area contributed by atoms with Crippen molar-refractivity contribution in [3.05, 3.63) is 23.4 Å². The van der Waals surface area contributed by atoms with Crippen molar-refractivity contribution in [3.8, 4) is 0 Å². The molecule has 20 heavy (non-hydrogen) atoms. The molecule has 0 saturated heterocycles. The molecule has 3 heterocycles. The third kappa shape index (κ3) is 2.45. The Morgan fingerprint density at radius 2 is 2.30 bits per heavy atom. The maximum Gasteiger partial charge on any atom is 0.243 e. The molecule has 2 aromatic rings. The molecule has 1 aliphatic heterocycles. The van der Waals surface area contributed by atoms with Gasteiger partial charge in [-0.2, -0.15) is 4.98 Å². The topological polar surface area (TPSA) is 81.7 Å². The second-order valence-electron chi connectivity index (χ2n) is 5.30. The summed E-state index contributed by atoms with van der Waals surface area (Å²) in [6.45, 7) is 6.90. The number of nitrogens with one attached hydrogen (secondary N) is 1. The van der Waals surface area contributed by atoms with E-state index in [1.54, 1.807) is 0 Å². The van der Waals surface area contributed by atoms with E-state index in [-0.39, 0.29) is 6.04 Å². The lowest BCUT2D eigenvalue weighted by molar-refractivity contribution is 0.292. The first-order chi connectivity index (χ1) is 9.67. The van der Waals surface area contributed by atoms with Crippen LogP contribution in [-0.2, 0) is 19.4 Å². The fraction of sp³-hybridized carbons (Fsp3) is 0.692. The molecule has 2 atom stereocenters. The smallest absolute Gasteiger partial charge is 0.243 e. The Balaban J connectivity index is 1.68. The van der Waals surface area contributed by atoms with Gasteiger partial charge in [-0.15, -0.1) is 10.2 Å². The molecule has 0 spiro atoms. The number of hydrogen-bond donors (Lipinski definition) is 1. The Labute approximate surface area is 117 Å². The Morgan fingerprint density at radius 1 is 1.45 bits per heavy atom. The van der Waals surface area contributed by atoms with Gasteiger partial charge in [-0.05, 0) is 20.3 Å². The van der Waals surface area contributed by atoms with Gasteiger partial charge in [0.2, 0.25) is 5.89 Å². The van der Waals surface area contributed by atoms with Gasteiger partial charge in [-0.1, -0.05) is 12.1 Å². The van der Waals surface area contributed by atoms with E-state index >= 15 is 0 Å². The Bertz CT molecular complexity index is 576. The standard InChI is InChI=1S/C13H20N6O/c1-4-11-16-17-12-6-5-10(7-19(11)12)14-8(2)13-15-9(3)18-20-13/h8,10,14H,4-7H2,1-3H3/t8-,10+/m0/s1. The number of nitrogens with zero attached hydrogens (tertiary/aromatic N) is 5. The number of aryl methyl sites for hydroxylation is 3. The summed E-state index contributed by atoms with van der Waals surface area (Å²) in [6.07, 6.45) is 2.93. The highest BCUT2D eigenvalue weighted by molar-refractivity contribution is 5.02. The minimum atomic E-state index is 0.0595. The number of fused-ring (bicyclic) bond motifs is 1. The first-order valence-electron chi connectivity index (χ1n) is 7.14. The molecule has 7 heteroatoms. The van der Waals surface area contributed by atoms with Crippen LogP contribution in [0.25, 0.3) is 0 Å². The van der Waals surface area contributed by atoms with Crippen LogP contribution in [0.15, 0.2) is 4.52 Å². The van der Waals surface area contributed by atoms with E-state index in [1.807, 2.05) is 6.92 Å². The fourth-order valence-electron chi connectivity index (χ4n) is 2.69. The van der Waals surface area contributed by atoms with Crippen molar-refractivity contribution in [2.24, 2.45) is 0 Å². The number of rotatable bonds is 4. The summed E-state index contributed by atoms with van der Waals surface area (Å²) in [5.74, 6) is 3.48. The summed E-state index contributed by atoms with van der Waals surface area (Å²) in [6, 6.07) is 0.440. The van der Waals surface area contributed by atoms with Crippen molar-refractivity contribution in [3.63, 3.8) is 0 Å². The molecule has 7 nitrogen and oxygen atoms in total. The molecule has 0 bridgehead atoms. The van der Waals surface area contributed by atoms with Gasteiger partial charge in [0.1, 0.15) is 11.6 Å². The monoisotopic (exact) mass is 276 g/mol. The van der Waals surface area contributed by atoms with Gasteiger partial charge >= 0.3 is 0 Å². The third-order valence-corrected chi connectivity index (χ3v) is 3.74. The first kappa shape index (κ1) is 13.2. The number of aromatic nitrogens is 5. The van der Waals surface area contributed by atoms with E-state index < -0.39 is 0 Å². The number of hydrogen-bond acceptors (Lipinski definition) is 6. The summed E-state index contributed by atoms with van der Waals surface area (Å²) >= 11 is 0. The molecule has 0 unspecified atom stereocenters. The summed E-state index contributed by atoms with van der Waals surface area (Å²) in [7, 11) is 0. The molecule has 0 saturated carbocycles. The molecule has 1 aliphatic rings. The van der Waals surface area contributed by atoms with E-state index in [2.05, 4.69) is 44.1 Å². The molecule has 0 aliphatic carbocycles. The molecule has 0 fully saturated rings. The van der Waals surface area contributed by atoms with Crippen molar-refractivity contribution >= 4 is 0 Å². The molecule has 3 rings (SSSR count). The van der Waals surface area contributed by atoms with Gasteiger partial charge in [0.15, 0.2) is 5.82 Å². The SMILES string of the molecule is CCc1nnc2n1C[C@H](N[C@@H](C)c1nc(C)no1)CC2. The van der Waals surface area contributed by atoms with E-state index in [0.717, 1.165) is 37.5 Å². The van der Waals surface area contributed by atoms with Crippen LogP contribution in [0.2, 0.25) is 0 Å². The molecule has 0 aromatic carbocycles. The average Bonchev–Trinajstić information content (AvgIpc) is 3.04. The van der Waals surface area contributed by atoms with Crippen molar-refractivity contribution in [2.75, 3.05) is 0 Å². The molecular formula is C13H20N6O. The maximum atomic E-state index is 5.21. The van der Waals surface area contributed by atoms with Gasteiger partial charge < -0.3 is 14.4 Å². The normalized spacial score (nSPS) is 19.9. The summed E-state index contributed by atoms with van der Waals surface area (Å²) < 4.78 is 7.44. The molecule has 1 N–H and O–H groups in total. The third-order valence-electron chi connectivity index (χ3n) is 3.74. The highest BCUT2D eigenvalue weighted by Gasteiger charge is 2.24. The first-order valence-corrected chi connectivity index (χ1v) is 7.14. The fourth-order valence-corrected chi connectivity index (χ4v) is 2.69. The van der Waals surface area contributed by atoms with Crippen LogP contribution in [0.1, 0.15) is 49.7 Å². The quantitative estimate of drug-likeness (QED) is 0.903. The zero-order chi connectivity index (χ0) is 14.1. The second-order valence-corrected chi connectivity index (χ2v) is 5.30. The lowest BCUT2D eigenvalue weighted by Crippen LogP contribution is -2.39. The summed E-state index contributed by atoms with van der Waals surface area (Å²) in [4.78, 5) is 4.27. The highest BCUT2D eigenvalue weighted by atomic mass is 16.5. The highest BCUT2D eigenvalue weighted by Crippen LogP contribution is 2.18. The lowest BCUT2D eigenvalue weighted by atomic mass is 10.1. The molecule has 0 amide bonds. The zero-order valence-corrected chi connectivity index (χ0v) is 12.1. The van der Waals surface area contributed by atoms with E-state index in [1.165, 1.54) is 0 Å². The Morgan fingerprint density at radius 3 is 3.00 bits per heavy atom. The van der Waals surface area contributed by atoms with Crippen molar-refractivity contribution in [1.29, 1.82) is 0 Å². The van der Waals surface area contributed by atoms with Crippen LogP contribution in [0.4, 0.5) is 0 Å². The minimum Gasteiger partial charge on any atom is -0.338 e. The van der Waals surface area contributed by atoms with E-state index in [0.29, 0.717) is 17.8 Å². The van der Waals surface area contributed by atoms with Crippen LogP contribution in [0, 0.1) is 6.92 Å². The Kier molecular flexibility index (Phi) is 3.52. The van der Waals surface area contributed by atoms with Gasteiger partial charge in [-0.25, -0.2) is 0 Å². The van der Waals surface area contributed by atoms with Crippen LogP contribution in [-0.4, -0.2) is 30.9 Å². The van der Waals surface area contributed by atoms with Gasteiger partial charge in [0, 0.05) is 25.4 Å². The largest absolute Gasteiger partial charge is 0.338 e. The van der Waals surface area contributed by atoms with Gasteiger partial charge in [0.25, 0.3) is 0 Å². The average molecular weight is 276 g/mol. The van der Waals surface area contributed by atoms with Crippen LogP contribution < -0.4 is 5.32 Å². The van der Waals surface area contributed by atoms with E-state index in [9.17, 15) is 0 Å². The van der Waals surface area contributed by atoms with Crippen LogP contribution >= 0.6 is 0 Å². The zero-order valence-electron chi connectivity index (χ0n) is 12.1. The predicted molar refractivity (Wildman–Crippen MR) is 72.1 cm³/mol. The summed E-state index contributed by atoms with van der Waals surface area (Å²) in [5, 5.41) is 15.9. The van der Waals surface area contributed by atoms with Gasteiger partial charge in [-0.3, -0.25) is 0 Å². The van der Waals surface area contributed by atoms with Crippen LogP contribution in [0.5, 0.6) is 0 Å². The maximum absolute atomic E-state index is 5.21. The van der Waals surface area contributed by atoms with Crippen LogP contribution in [0.3, 0.4) is 0 Å². The van der Waals surface area contributed by atoms with Crippen molar-refractivity contribution in [1.82, 2.24) is 30.2 Å². The molecule has 0 radical (unpaired) electrons. The predicted octanol–water partition coefficient (Wildman–Crippen LogP) is 1.20. The van der Waals surface area contributed by atoms with Crippen molar-refractivity contribution < 1.29 is 4.52 Å². The molecule has 2 aromatic heterocycles. The summed E-state index contributed by atoms with van der Waals surface area (Å²) in [5.41, 5.74) is 0. The van der Waals surface area contributed by atoms with Gasteiger partial charge in [0.05, 0.1) is 6.04 Å². The Hall–Kier alpha value is -1.76. The molecular weight excluding hydrogens is 256 g/mol.